The maximum Gasteiger partial charge on any atom is 0.225 e. The summed E-state index contributed by atoms with van der Waals surface area (Å²) in [6.45, 7) is 4.78. The van der Waals surface area contributed by atoms with Crippen LogP contribution in [0.25, 0.3) is 0 Å². The van der Waals surface area contributed by atoms with Crippen molar-refractivity contribution in [3.8, 4) is 0 Å². The Labute approximate surface area is 90.4 Å². The molecule has 1 atom stereocenters. The van der Waals surface area contributed by atoms with Gasteiger partial charge in [-0.15, -0.1) is 0 Å². The second-order valence-corrected chi connectivity index (χ2v) is 3.50. The highest BCUT2D eigenvalue weighted by Gasteiger charge is 2.16. The molecule has 14 heavy (non-hydrogen) atoms. The van der Waals surface area contributed by atoms with E-state index in [0.717, 1.165) is 0 Å². The van der Waals surface area contributed by atoms with E-state index in [4.69, 9.17) is 22.7 Å². The molecule has 0 aliphatic heterocycles. The van der Waals surface area contributed by atoms with Crippen molar-refractivity contribution in [2.75, 3.05) is 20.3 Å². The Hall–Kier alpha value is -0.680. The fourth-order valence-corrected chi connectivity index (χ4v) is 1.05. The number of carbonyl (C=O) groups excluding carboxylic acids is 1. The minimum absolute atomic E-state index is 0.00116. The van der Waals surface area contributed by atoms with Gasteiger partial charge in [0.25, 0.3) is 0 Å². The van der Waals surface area contributed by atoms with Gasteiger partial charge < -0.3 is 15.4 Å². The standard InChI is InChI=1S/C9H18N2O2S/c1-4-13-6-5-8(12)11(3)7(2)9(10)14/h7H,4-6H2,1-3H3,(H2,10,14). The Kier molecular flexibility index (Phi) is 6.40. The molecular formula is C9H18N2O2S. The highest BCUT2D eigenvalue weighted by atomic mass is 32.1. The first kappa shape index (κ1) is 13.3. The molecule has 0 rings (SSSR count). The Balaban J connectivity index is 3.92. The highest BCUT2D eigenvalue weighted by molar-refractivity contribution is 7.80. The molecule has 82 valence electrons. The third-order valence-corrected chi connectivity index (χ3v) is 2.39. The predicted octanol–water partition coefficient (Wildman–Crippen LogP) is 0.546. The second-order valence-electron chi connectivity index (χ2n) is 3.03. The van der Waals surface area contributed by atoms with Gasteiger partial charge in [-0.05, 0) is 13.8 Å². The largest absolute Gasteiger partial charge is 0.392 e. The van der Waals surface area contributed by atoms with Crippen LogP contribution in [0.5, 0.6) is 0 Å². The molecule has 0 aromatic carbocycles. The number of hydrogen-bond acceptors (Lipinski definition) is 3. The summed E-state index contributed by atoms with van der Waals surface area (Å²) in [4.78, 5) is 13.4. The maximum absolute atomic E-state index is 11.5. The summed E-state index contributed by atoms with van der Waals surface area (Å²) in [7, 11) is 1.69. The number of hydrogen-bond donors (Lipinski definition) is 1. The zero-order valence-electron chi connectivity index (χ0n) is 8.95. The first-order valence-electron chi connectivity index (χ1n) is 4.63. The van der Waals surface area contributed by atoms with Gasteiger partial charge in [-0.1, -0.05) is 12.2 Å². The van der Waals surface area contributed by atoms with Crippen LogP contribution in [-0.2, 0) is 9.53 Å². The highest BCUT2D eigenvalue weighted by Crippen LogP contribution is 1.99. The molecule has 1 unspecified atom stereocenters. The number of likely N-dealkylation sites (N-methyl/N-ethyl adjacent to an activating group) is 1. The van der Waals surface area contributed by atoms with Crippen LogP contribution in [0.4, 0.5) is 0 Å². The number of thiocarbonyl (C=S) groups is 1. The van der Waals surface area contributed by atoms with Gasteiger partial charge in [0, 0.05) is 13.7 Å². The van der Waals surface area contributed by atoms with Crippen molar-refractivity contribution in [2.45, 2.75) is 26.3 Å². The van der Waals surface area contributed by atoms with Gasteiger partial charge in [0.05, 0.1) is 24.1 Å². The van der Waals surface area contributed by atoms with Crippen molar-refractivity contribution in [3.05, 3.63) is 0 Å². The fourth-order valence-electron chi connectivity index (χ4n) is 0.887. The van der Waals surface area contributed by atoms with Crippen molar-refractivity contribution in [1.29, 1.82) is 0 Å². The number of ether oxygens (including phenoxy) is 1. The summed E-state index contributed by atoms with van der Waals surface area (Å²) >= 11 is 4.80. The van der Waals surface area contributed by atoms with E-state index >= 15 is 0 Å². The summed E-state index contributed by atoms with van der Waals surface area (Å²) in [6, 6.07) is -0.195. The molecule has 0 aliphatic rings. The monoisotopic (exact) mass is 218 g/mol. The molecule has 0 aromatic heterocycles. The zero-order valence-corrected chi connectivity index (χ0v) is 9.76. The SMILES string of the molecule is CCOCCC(=O)N(C)C(C)C(N)=S. The molecule has 5 heteroatoms. The van der Waals surface area contributed by atoms with Gasteiger partial charge in [-0.2, -0.15) is 0 Å². The number of nitrogens with two attached hydrogens (primary N) is 1. The number of amides is 1. The summed E-state index contributed by atoms with van der Waals surface area (Å²) in [6.07, 6.45) is 0.372. The predicted molar refractivity (Wildman–Crippen MR) is 60.1 cm³/mol. The minimum atomic E-state index is -0.195. The van der Waals surface area contributed by atoms with Crippen molar-refractivity contribution in [3.63, 3.8) is 0 Å². The molecule has 0 spiro atoms. The van der Waals surface area contributed by atoms with Gasteiger partial charge in [0.15, 0.2) is 0 Å². The lowest BCUT2D eigenvalue weighted by molar-refractivity contribution is -0.131. The smallest absolute Gasteiger partial charge is 0.225 e. The van der Waals surface area contributed by atoms with E-state index in [2.05, 4.69) is 0 Å². The van der Waals surface area contributed by atoms with Crippen LogP contribution in [0.2, 0.25) is 0 Å². The van der Waals surface area contributed by atoms with E-state index in [0.29, 0.717) is 24.6 Å². The average molecular weight is 218 g/mol. The molecule has 0 aromatic rings. The Bertz CT molecular complexity index is 209. The average Bonchev–Trinajstić information content (AvgIpc) is 2.15. The van der Waals surface area contributed by atoms with Crippen LogP contribution in [0.3, 0.4) is 0 Å². The van der Waals surface area contributed by atoms with E-state index in [1.807, 2.05) is 6.92 Å². The summed E-state index contributed by atoms with van der Waals surface area (Å²) in [5, 5.41) is 0. The van der Waals surface area contributed by atoms with Crippen LogP contribution in [0.15, 0.2) is 0 Å². The van der Waals surface area contributed by atoms with Crippen molar-refractivity contribution in [1.82, 2.24) is 4.90 Å². The fraction of sp³-hybridized carbons (Fsp3) is 0.778. The van der Waals surface area contributed by atoms with Crippen molar-refractivity contribution >= 4 is 23.1 Å². The number of rotatable bonds is 6. The normalized spacial score (nSPS) is 12.2. The first-order valence-corrected chi connectivity index (χ1v) is 5.04. The van der Waals surface area contributed by atoms with Crippen LogP contribution in [0.1, 0.15) is 20.3 Å². The van der Waals surface area contributed by atoms with E-state index in [9.17, 15) is 4.79 Å². The quantitative estimate of drug-likeness (QED) is 0.522. The molecule has 0 aliphatic carbocycles. The topological polar surface area (TPSA) is 55.6 Å². The van der Waals surface area contributed by atoms with Crippen LogP contribution in [-0.4, -0.2) is 42.1 Å². The van der Waals surface area contributed by atoms with Crippen LogP contribution < -0.4 is 5.73 Å². The number of nitrogens with zero attached hydrogens (tertiary/aromatic N) is 1. The van der Waals surface area contributed by atoms with E-state index in [-0.39, 0.29) is 11.9 Å². The van der Waals surface area contributed by atoms with Crippen molar-refractivity contribution in [2.24, 2.45) is 5.73 Å². The molecule has 0 fully saturated rings. The van der Waals surface area contributed by atoms with Gasteiger partial charge in [0.2, 0.25) is 5.91 Å². The molecule has 2 N–H and O–H groups in total. The zero-order chi connectivity index (χ0) is 11.1. The molecular weight excluding hydrogens is 200 g/mol. The van der Waals surface area contributed by atoms with Gasteiger partial charge >= 0.3 is 0 Å². The molecule has 0 saturated carbocycles. The van der Waals surface area contributed by atoms with E-state index in [1.165, 1.54) is 0 Å². The summed E-state index contributed by atoms with van der Waals surface area (Å²) in [5.74, 6) is -0.00116. The summed E-state index contributed by atoms with van der Waals surface area (Å²) in [5.41, 5.74) is 5.44. The second kappa shape index (κ2) is 6.73. The molecule has 0 radical (unpaired) electrons. The lowest BCUT2D eigenvalue weighted by atomic mass is 10.2. The Morgan fingerprint density at radius 1 is 1.64 bits per heavy atom. The third-order valence-electron chi connectivity index (χ3n) is 2.05. The molecule has 0 saturated heterocycles. The van der Waals surface area contributed by atoms with Gasteiger partial charge in [-0.25, -0.2) is 0 Å². The maximum atomic E-state index is 11.5. The molecule has 1 amide bonds. The summed E-state index contributed by atoms with van der Waals surface area (Å²) < 4.78 is 5.08. The lowest BCUT2D eigenvalue weighted by Gasteiger charge is -2.23. The van der Waals surface area contributed by atoms with E-state index < -0.39 is 0 Å². The third kappa shape index (κ3) is 4.53. The molecule has 0 heterocycles. The van der Waals surface area contributed by atoms with Gasteiger partial charge in [0.1, 0.15) is 0 Å². The van der Waals surface area contributed by atoms with Crippen molar-refractivity contribution < 1.29 is 9.53 Å². The number of carbonyl (C=O) groups is 1. The Morgan fingerprint density at radius 3 is 2.64 bits per heavy atom. The van der Waals surface area contributed by atoms with Crippen LogP contribution in [0, 0.1) is 0 Å². The van der Waals surface area contributed by atoms with Crippen LogP contribution >= 0.6 is 12.2 Å². The minimum Gasteiger partial charge on any atom is -0.392 e. The lowest BCUT2D eigenvalue weighted by Crippen LogP contribution is -2.43. The van der Waals surface area contributed by atoms with Gasteiger partial charge in [-0.3, -0.25) is 4.79 Å². The Morgan fingerprint density at radius 2 is 2.21 bits per heavy atom. The first-order chi connectivity index (χ1) is 6.50. The molecule has 4 nitrogen and oxygen atoms in total. The van der Waals surface area contributed by atoms with E-state index in [1.54, 1.807) is 18.9 Å². The molecule has 0 bridgehead atoms.